The fourth-order valence-corrected chi connectivity index (χ4v) is 5.35. The van der Waals surface area contributed by atoms with Crippen LogP contribution in [-0.2, 0) is 29.0 Å². The predicted molar refractivity (Wildman–Crippen MR) is 155 cm³/mol. The molecule has 0 spiro atoms. The lowest BCUT2D eigenvalue weighted by Gasteiger charge is -2.33. The van der Waals surface area contributed by atoms with Crippen LogP contribution in [0.1, 0.15) is 80.5 Å². The van der Waals surface area contributed by atoms with Gasteiger partial charge in [-0.1, -0.05) is 99.8 Å². The maximum atomic E-state index is 13.9. The number of hydrogen-bond acceptors (Lipinski definition) is 2. The van der Waals surface area contributed by atoms with Gasteiger partial charge in [0.15, 0.2) is 0 Å². The lowest BCUT2D eigenvalue weighted by molar-refractivity contribution is -0.141. The zero-order valence-corrected chi connectivity index (χ0v) is 23.2. The van der Waals surface area contributed by atoms with Crippen molar-refractivity contribution >= 4 is 11.8 Å². The second-order valence-electron chi connectivity index (χ2n) is 11.1. The first-order valence-corrected chi connectivity index (χ1v) is 14.4. The fraction of sp³-hybridized carbons (Fsp3) is 0.412. The molecule has 39 heavy (non-hydrogen) atoms. The number of nitrogens with zero attached hydrogens (tertiary/aromatic N) is 1. The molecule has 1 atom stereocenters. The van der Waals surface area contributed by atoms with Crippen molar-refractivity contribution in [2.45, 2.75) is 89.8 Å². The van der Waals surface area contributed by atoms with E-state index < -0.39 is 6.04 Å². The maximum Gasteiger partial charge on any atom is 0.243 e. The third-order valence-electron chi connectivity index (χ3n) is 7.76. The van der Waals surface area contributed by atoms with Gasteiger partial charge in [-0.05, 0) is 59.6 Å². The van der Waals surface area contributed by atoms with Crippen LogP contribution in [0.25, 0.3) is 0 Å². The fourth-order valence-electron chi connectivity index (χ4n) is 5.35. The molecule has 1 saturated carbocycles. The van der Waals surface area contributed by atoms with E-state index >= 15 is 0 Å². The summed E-state index contributed by atoms with van der Waals surface area (Å²) < 4.78 is 13.7. The van der Waals surface area contributed by atoms with Gasteiger partial charge in [0.2, 0.25) is 11.8 Å². The number of halogens is 1. The minimum absolute atomic E-state index is 0.0769. The summed E-state index contributed by atoms with van der Waals surface area (Å²) in [5.41, 5.74) is 4.17. The minimum Gasteiger partial charge on any atom is -0.352 e. The van der Waals surface area contributed by atoms with Gasteiger partial charge >= 0.3 is 0 Å². The third-order valence-corrected chi connectivity index (χ3v) is 7.76. The summed E-state index contributed by atoms with van der Waals surface area (Å²) in [4.78, 5) is 29.4. The van der Waals surface area contributed by atoms with E-state index in [1.54, 1.807) is 17.0 Å². The van der Waals surface area contributed by atoms with Crippen LogP contribution in [0.15, 0.2) is 78.9 Å². The molecule has 3 aromatic carbocycles. The molecule has 0 bridgehead atoms. The Bertz CT molecular complexity index is 1190. The van der Waals surface area contributed by atoms with Crippen LogP contribution in [0.2, 0.25) is 0 Å². The van der Waals surface area contributed by atoms with Gasteiger partial charge in [-0.25, -0.2) is 4.39 Å². The Balaban J connectivity index is 1.58. The van der Waals surface area contributed by atoms with Crippen molar-refractivity contribution in [1.29, 1.82) is 0 Å². The first-order chi connectivity index (χ1) is 18.9. The summed E-state index contributed by atoms with van der Waals surface area (Å²) in [5.74, 6) is -0.0554. The zero-order valence-electron chi connectivity index (χ0n) is 23.2. The lowest BCUT2D eigenvalue weighted by atomic mass is 9.94. The molecule has 0 saturated heterocycles. The van der Waals surface area contributed by atoms with Crippen molar-refractivity contribution < 1.29 is 14.0 Å². The van der Waals surface area contributed by atoms with Crippen LogP contribution in [-0.4, -0.2) is 28.8 Å². The number of carbonyl (C=O) groups excluding carboxylic acids is 2. The molecule has 1 fully saturated rings. The molecular formula is C34H41FN2O2. The van der Waals surface area contributed by atoms with Crippen molar-refractivity contribution in [3.05, 3.63) is 107 Å². The Morgan fingerprint density at radius 2 is 1.49 bits per heavy atom. The first kappa shape index (κ1) is 28.5. The average molecular weight is 529 g/mol. The van der Waals surface area contributed by atoms with Gasteiger partial charge in [-0.3, -0.25) is 9.59 Å². The minimum atomic E-state index is -0.657. The molecule has 206 valence electrons. The van der Waals surface area contributed by atoms with Gasteiger partial charge in [0.1, 0.15) is 11.9 Å². The lowest BCUT2D eigenvalue weighted by Crippen LogP contribution is -2.52. The number of nitrogens with one attached hydrogen (secondary N) is 1. The van der Waals surface area contributed by atoms with E-state index in [2.05, 4.69) is 43.4 Å². The monoisotopic (exact) mass is 528 g/mol. The van der Waals surface area contributed by atoms with Gasteiger partial charge in [0.05, 0.1) is 0 Å². The quantitative estimate of drug-likeness (QED) is 0.292. The molecule has 5 heteroatoms. The van der Waals surface area contributed by atoms with Gasteiger partial charge in [-0.15, -0.1) is 0 Å². The highest BCUT2D eigenvalue weighted by Crippen LogP contribution is 2.21. The molecule has 0 aliphatic heterocycles. The van der Waals surface area contributed by atoms with Crippen LogP contribution in [0, 0.1) is 5.82 Å². The first-order valence-electron chi connectivity index (χ1n) is 14.4. The SMILES string of the molecule is CC(C)c1ccc(CCC(=O)N(Cc2ccc(F)cc2)[C@H](Cc2ccccc2)C(=O)NC2CCCCC2)cc1. The van der Waals surface area contributed by atoms with Crippen LogP contribution >= 0.6 is 0 Å². The van der Waals surface area contributed by atoms with Crippen molar-refractivity contribution in [1.82, 2.24) is 10.2 Å². The summed E-state index contributed by atoms with van der Waals surface area (Å²) >= 11 is 0. The van der Waals surface area contributed by atoms with E-state index in [1.165, 1.54) is 24.1 Å². The van der Waals surface area contributed by atoms with Crippen LogP contribution in [0.5, 0.6) is 0 Å². The second-order valence-corrected chi connectivity index (χ2v) is 11.1. The van der Waals surface area contributed by atoms with Crippen LogP contribution in [0.4, 0.5) is 4.39 Å². The molecule has 0 heterocycles. The van der Waals surface area contributed by atoms with E-state index in [0.717, 1.165) is 42.4 Å². The van der Waals surface area contributed by atoms with Crippen molar-refractivity contribution in [3.63, 3.8) is 0 Å². The Morgan fingerprint density at radius 1 is 0.846 bits per heavy atom. The molecule has 3 aromatic rings. The van der Waals surface area contributed by atoms with Gasteiger partial charge in [-0.2, -0.15) is 0 Å². The number of hydrogen-bond donors (Lipinski definition) is 1. The molecule has 2 amide bonds. The zero-order chi connectivity index (χ0) is 27.6. The van der Waals surface area contributed by atoms with E-state index in [0.29, 0.717) is 25.2 Å². The van der Waals surface area contributed by atoms with Crippen LogP contribution in [0.3, 0.4) is 0 Å². The summed E-state index contributed by atoms with van der Waals surface area (Å²) in [6, 6.07) is 24.0. The molecular weight excluding hydrogens is 487 g/mol. The Morgan fingerprint density at radius 3 is 2.13 bits per heavy atom. The van der Waals surface area contributed by atoms with Crippen molar-refractivity contribution in [2.24, 2.45) is 0 Å². The van der Waals surface area contributed by atoms with Gasteiger partial charge in [0.25, 0.3) is 0 Å². The average Bonchev–Trinajstić information content (AvgIpc) is 2.96. The molecule has 0 aromatic heterocycles. The van der Waals surface area contributed by atoms with Crippen LogP contribution < -0.4 is 5.32 Å². The topological polar surface area (TPSA) is 49.4 Å². The van der Waals surface area contributed by atoms with Crippen molar-refractivity contribution in [3.8, 4) is 0 Å². The summed E-state index contributed by atoms with van der Waals surface area (Å²) in [6.45, 7) is 4.58. The highest BCUT2D eigenvalue weighted by atomic mass is 19.1. The summed E-state index contributed by atoms with van der Waals surface area (Å²) in [7, 11) is 0. The Kier molecular flexibility index (Phi) is 10.3. The number of rotatable bonds is 11. The number of amides is 2. The van der Waals surface area contributed by atoms with Gasteiger partial charge < -0.3 is 10.2 Å². The van der Waals surface area contributed by atoms with E-state index in [4.69, 9.17) is 0 Å². The number of benzene rings is 3. The summed E-state index contributed by atoms with van der Waals surface area (Å²) in [5, 5.41) is 3.27. The highest BCUT2D eigenvalue weighted by molar-refractivity contribution is 5.88. The third kappa shape index (κ3) is 8.51. The van der Waals surface area contributed by atoms with Gasteiger partial charge in [0, 0.05) is 25.4 Å². The standard InChI is InChI=1S/C34H41FN2O2/c1-25(2)29-18-13-26(14-19-29)17-22-33(38)37(24-28-15-20-30(35)21-16-28)32(23-27-9-5-3-6-10-27)34(39)36-31-11-7-4-8-12-31/h3,5-6,9-10,13-16,18-21,25,31-32H,4,7-8,11-12,17,22-24H2,1-2H3,(H,36,39)/t32-/m1/s1. The van der Waals surface area contributed by atoms with Crippen molar-refractivity contribution in [2.75, 3.05) is 0 Å². The Hall–Kier alpha value is -3.47. The molecule has 1 N–H and O–H groups in total. The molecule has 4 nitrogen and oxygen atoms in total. The van der Waals surface area contributed by atoms with E-state index in [-0.39, 0.29) is 30.2 Å². The Labute approximate surface area is 232 Å². The smallest absolute Gasteiger partial charge is 0.243 e. The highest BCUT2D eigenvalue weighted by Gasteiger charge is 2.31. The molecule has 1 aliphatic rings. The van der Waals surface area contributed by atoms with E-state index in [9.17, 15) is 14.0 Å². The maximum absolute atomic E-state index is 13.9. The predicted octanol–water partition coefficient (Wildman–Crippen LogP) is 6.97. The molecule has 4 rings (SSSR count). The number of carbonyl (C=O) groups is 2. The normalized spacial score (nSPS) is 14.7. The number of aryl methyl sites for hydroxylation is 1. The molecule has 1 aliphatic carbocycles. The largest absolute Gasteiger partial charge is 0.352 e. The summed E-state index contributed by atoms with van der Waals surface area (Å²) in [6.07, 6.45) is 6.70. The molecule has 0 radical (unpaired) electrons. The molecule has 0 unspecified atom stereocenters. The van der Waals surface area contributed by atoms with E-state index in [1.807, 2.05) is 30.3 Å². The second kappa shape index (κ2) is 14.1.